The van der Waals surface area contributed by atoms with Crippen LogP contribution in [0.5, 0.6) is 0 Å². The fourth-order valence-electron chi connectivity index (χ4n) is 3.59. The van der Waals surface area contributed by atoms with E-state index in [1.165, 1.54) is 12.1 Å². The summed E-state index contributed by atoms with van der Waals surface area (Å²) < 4.78 is 0. The van der Waals surface area contributed by atoms with Gasteiger partial charge >= 0.3 is 0 Å². The molecule has 0 amide bonds. The first-order valence-electron chi connectivity index (χ1n) is 8.22. The Morgan fingerprint density at radius 1 is 0.789 bits per heavy atom. The lowest BCUT2D eigenvalue weighted by atomic mass is 9.73. The second-order valence-electron chi connectivity index (χ2n) is 7.65. The van der Waals surface area contributed by atoms with E-state index in [-0.39, 0.29) is 0 Å². The molecule has 0 saturated heterocycles. The molecule has 2 atom stereocenters. The molecule has 1 rings (SSSR count). The first-order valence-corrected chi connectivity index (χ1v) is 8.22. The highest BCUT2D eigenvalue weighted by Gasteiger charge is 2.32. The van der Waals surface area contributed by atoms with Gasteiger partial charge in [0.15, 0.2) is 0 Å². The van der Waals surface area contributed by atoms with Crippen LogP contribution in [-0.2, 0) is 0 Å². The Morgan fingerprint density at radius 2 is 1.32 bits per heavy atom. The predicted octanol–water partition coefficient (Wildman–Crippen LogP) is 5.09. The number of hydrogen-bond acceptors (Lipinski definition) is 1. The zero-order chi connectivity index (χ0) is 14.7. The highest BCUT2D eigenvalue weighted by atomic mass is 14.9. The maximum atomic E-state index is 3.81. The van der Waals surface area contributed by atoms with Crippen molar-refractivity contribution >= 4 is 0 Å². The minimum absolute atomic E-state index is 0.621. The summed E-state index contributed by atoms with van der Waals surface area (Å²) in [7, 11) is 0. The van der Waals surface area contributed by atoms with Crippen LogP contribution in [0, 0.1) is 35.5 Å². The first-order chi connectivity index (χ1) is 8.75. The Labute approximate surface area is 121 Å². The molecular weight excluding hydrogens is 230 g/mol. The van der Waals surface area contributed by atoms with Crippen LogP contribution in [0.1, 0.15) is 61.8 Å². The molecule has 1 heterocycles. The minimum atomic E-state index is 0.621. The Morgan fingerprint density at radius 3 is 1.68 bits per heavy atom. The van der Waals surface area contributed by atoms with Crippen molar-refractivity contribution in [3.05, 3.63) is 11.3 Å². The fourth-order valence-corrected chi connectivity index (χ4v) is 3.59. The zero-order valence-electron chi connectivity index (χ0n) is 14.4. The van der Waals surface area contributed by atoms with E-state index in [1.807, 2.05) is 0 Å². The van der Waals surface area contributed by atoms with Gasteiger partial charge in [0.05, 0.1) is 0 Å². The summed E-state index contributed by atoms with van der Waals surface area (Å²) in [6.45, 7) is 20.1. The molecule has 0 aromatic rings. The molecule has 1 heteroatoms. The van der Waals surface area contributed by atoms with Gasteiger partial charge in [-0.25, -0.2) is 0 Å². The summed E-state index contributed by atoms with van der Waals surface area (Å²) in [6.07, 6.45) is 1.29. The van der Waals surface area contributed by atoms with Crippen LogP contribution in [-0.4, -0.2) is 6.54 Å². The molecule has 0 bridgehead atoms. The maximum absolute atomic E-state index is 3.81. The summed E-state index contributed by atoms with van der Waals surface area (Å²) in [5.74, 6) is 4.44. The average molecular weight is 265 g/mol. The average Bonchev–Trinajstić information content (AvgIpc) is 2.47. The lowest BCUT2D eigenvalue weighted by Gasteiger charge is -2.32. The number of hydrogen-bond donors (Lipinski definition) is 1. The molecule has 1 N–H and O–H groups in total. The van der Waals surface area contributed by atoms with Gasteiger partial charge in [0, 0.05) is 12.2 Å². The molecule has 2 unspecified atom stereocenters. The van der Waals surface area contributed by atoms with Gasteiger partial charge in [-0.15, -0.1) is 0 Å². The Balaban J connectivity index is 3.10. The lowest BCUT2D eigenvalue weighted by molar-refractivity contribution is 0.197. The standard InChI is InChI=1S/C18H35N/c1-11(2)15-9-16(12(3)4)18(14(7)8)19-10-17(15)13(5)6/h11-15,17,19H,9-10H2,1-8H3. The van der Waals surface area contributed by atoms with E-state index in [0.717, 1.165) is 30.2 Å². The van der Waals surface area contributed by atoms with Gasteiger partial charge < -0.3 is 5.32 Å². The van der Waals surface area contributed by atoms with Crippen molar-refractivity contribution in [2.45, 2.75) is 61.8 Å². The molecule has 1 aliphatic rings. The summed E-state index contributed by atoms with van der Waals surface area (Å²) >= 11 is 0. The number of nitrogens with one attached hydrogen (secondary N) is 1. The molecule has 1 aliphatic heterocycles. The van der Waals surface area contributed by atoms with E-state index in [1.54, 1.807) is 5.57 Å². The van der Waals surface area contributed by atoms with E-state index >= 15 is 0 Å². The third kappa shape index (κ3) is 4.00. The summed E-state index contributed by atoms with van der Waals surface area (Å²) in [5.41, 5.74) is 3.21. The van der Waals surface area contributed by atoms with Gasteiger partial charge in [-0.2, -0.15) is 0 Å². The summed E-state index contributed by atoms with van der Waals surface area (Å²) in [5, 5.41) is 3.81. The van der Waals surface area contributed by atoms with Crippen LogP contribution in [0.25, 0.3) is 0 Å². The van der Waals surface area contributed by atoms with Crippen LogP contribution in [0.3, 0.4) is 0 Å². The highest BCUT2D eigenvalue weighted by molar-refractivity contribution is 5.19. The van der Waals surface area contributed by atoms with E-state index in [9.17, 15) is 0 Å². The Kier molecular flexibility index (Phi) is 5.95. The number of allylic oxidation sites excluding steroid dienone is 2. The lowest BCUT2D eigenvalue weighted by Crippen LogP contribution is -2.32. The van der Waals surface area contributed by atoms with Crippen LogP contribution >= 0.6 is 0 Å². The maximum Gasteiger partial charge on any atom is 0.0177 e. The minimum Gasteiger partial charge on any atom is -0.388 e. The number of rotatable bonds is 4. The van der Waals surface area contributed by atoms with Gasteiger partial charge in [0.25, 0.3) is 0 Å². The van der Waals surface area contributed by atoms with Crippen molar-refractivity contribution in [2.75, 3.05) is 6.54 Å². The van der Waals surface area contributed by atoms with Crippen LogP contribution in [0.4, 0.5) is 0 Å². The van der Waals surface area contributed by atoms with Crippen molar-refractivity contribution in [1.29, 1.82) is 0 Å². The molecule has 0 radical (unpaired) electrons. The van der Waals surface area contributed by atoms with E-state index in [2.05, 4.69) is 60.7 Å². The first kappa shape index (κ1) is 16.6. The van der Waals surface area contributed by atoms with Gasteiger partial charge in [-0.1, -0.05) is 55.4 Å². The Hall–Kier alpha value is -0.460. The van der Waals surface area contributed by atoms with Crippen LogP contribution in [0.2, 0.25) is 0 Å². The summed E-state index contributed by atoms with van der Waals surface area (Å²) in [6, 6.07) is 0. The van der Waals surface area contributed by atoms with E-state index < -0.39 is 0 Å². The van der Waals surface area contributed by atoms with Crippen molar-refractivity contribution in [2.24, 2.45) is 35.5 Å². The molecule has 0 spiro atoms. The normalized spacial score (nSPS) is 25.5. The van der Waals surface area contributed by atoms with Crippen LogP contribution in [0.15, 0.2) is 11.3 Å². The molecule has 112 valence electrons. The fraction of sp³-hybridized carbons (Fsp3) is 0.889. The summed E-state index contributed by atoms with van der Waals surface area (Å²) in [4.78, 5) is 0. The second-order valence-corrected chi connectivity index (χ2v) is 7.65. The topological polar surface area (TPSA) is 12.0 Å². The quantitative estimate of drug-likeness (QED) is 0.746. The monoisotopic (exact) mass is 265 g/mol. The third-order valence-corrected chi connectivity index (χ3v) is 4.87. The molecule has 0 aliphatic carbocycles. The van der Waals surface area contributed by atoms with Crippen LogP contribution < -0.4 is 5.32 Å². The van der Waals surface area contributed by atoms with E-state index in [4.69, 9.17) is 0 Å². The molecule has 0 saturated carbocycles. The van der Waals surface area contributed by atoms with Gasteiger partial charge in [-0.05, 0) is 47.5 Å². The molecule has 0 aromatic carbocycles. The zero-order valence-corrected chi connectivity index (χ0v) is 14.4. The molecular formula is C18H35N. The van der Waals surface area contributed by atoms with Crippen molar-refractivity contribution < 1.29 is 0 Å². The van der Waals surface area contributed by atoms with Gasteiger partial charge in [0.1, 0.15) is 0 Å². The third-order valence-electron chi connectivity index (χ3n) is 4.87. The van der Waals surface area contributed by atoms with Crippen molar-refractivity contribution in [3.63, 3.8) is 0 Å². The van der Waals surface area contributed by atoms with Gasteiger partial charge in [-0.3, -0.25) is 0 Å². The largest absolute Gasteiger partial charge is 0.388 e. The molecule has 1 nitrogen and oxygen atoms in total. The smallest absolute Gasteiger partial charge is 0.0177 e. The second kappa shape index (κ2) is 6.81. The SMILES string of the molecule is CC(C)C1=C(C(C)C)NCC(C(C)C)C(C(C)C)C1. The van der Waals surface area contributed by atoms with E-state index in [0.29, 0.717) is 11.8 Å². The predicted molar refractivity (Wildman–Crippen MR) is 86.0 cm³/mol. The van der Waals surface area contributed by atoms with Gasteiger partial charge in [0.2, 0.25) is 0 Å². The molecule has 0 aromatic heterocycles. The molecule has 0 fully saturated rings. The van der Waals surface area contributed by atoms with Crippen molar-refractivity contribution in [1.82, 2.24) is 5.32 Å². The Bertz CT molecular complexity index is 310. The highest BCUT2D eigenvalue weighted by Crippen LogP contribution is 2.38. The molecule has 19 heavy (non-hydrogen) atoms. The van der Waals surface area contributed by atoms with Crippen molar-refractivity contribution in [3.8, 4) is 0 Å².